The van der Waals surface area contributed by atoms with Crippen molar-refractivity contribution in [1.82, 2.24) is 14.0 Å². The number of benzene rings is 2. The molecule has 5 rings (SSSR count). The molecule has 0 atom stereocenters. The van der Waals surface area contributed by atoms with Crippen LogP contribution in [-0.4, -0.2) is 19.8 Å². The minimum Gasteiger partial charge on any atom is -0.283 e. The topological polar surface area (TPSA) is 56.6 Å². The molecule has 35 heavy (non-hydrogen) atoms. The third-order valence-electron chi connectivity index (χ3n) is 5.70. The van der Waals surface area contributed by atoms with E-state index in [1.54, 1.807) is 16.0 Å². The first-order valence-corrected chi connectivity index (χ1v) is 13.4. The highest BCUT2D eigenvalue weighted by Gasteiger charge is 2.17. The molecule has 0 spiro atoms. The molecule has 3 heterocycles. The second-order valence-electron chi connectivity index (χ2n) is 7.88. The average molecular weight is 565 g/mol. The molecular weight excluding hydrogens is 542 g/mol. The Balaban J connectivity index is 1.73. The fourth-order valence-corrected chi connectivity index (χ4v) is 6.01. The summed E-state index contributed by atoms with van der Waals surface area (Å²) in [5, 5.41) is 9.04. The fourth-order valence-electron chi connectivity index (χ4n) is 3.81. The van der Waals surface area contributed by atoms with Crippen molar-refractivity contribution < 1.29 is 0 Å². The van der Waals surface area contributed by atoms with Crippen LogP contribution in [0, 0.1) is 6.92 Å². The Morgan fingerprint density at radius 1 is 0.971 bits per heavy atom. The second kappa shape index (κ2) is 9.77. The molecule has 0 aliphatic heterocycles. The van der Waals surface area contributed by atoms with Crippen LogP contribution < -0.4 is 10.4 Å². The van der Waals surface area contributed by atoms with Crippen LogP contribution in [-0.2, 0) is 7.05 Å². The summed E-state index contributed by atoms with van der Waals surface area (Å²) in [6, 6.07) is 21.7. The standard InChI is InChI=1S/C26H22BrN5OS2/c1-17(20-12-7-8-13-21(20)27)29-31-22(23-14-9-15-34-23)16-35-26(31)28-24-18(2)30(3)32(25(24)33)19-10-5-4-6-11-19/h4-16H,1-3H3. The predicted molar refractivity (Wildman–Crippen MR) is 148 cm³/mol. The largest absolute Gasteiger partial charge is 0.297 e. The number of aromatic nitrogens is 3. The molecule has 0 aliphatic carbocycles. The van der Waals surface area contributed by atoms with Gasteiger partial charge in [0.1, 0.15) is 0 Å². The Labute approximate surface area is 218 Å². The van der Waals surface area contributed by atoms with Crippen molar-refractivity contribution in [3.8, 4) is 16.3 Å². The fraction of sp³-hybridized carbons (Fsp3) is 0.115. The summed E-state index contributed by atoms with van der Waals surface area (Å²) in [5.41, 5.74) is 4.58. The van der Waals surface area contributed by atoms with Crippen LogP contribution in [0.4, 0.5) is 5.69 Å². The summed E-state index contributed by atoms with van der Waals surface area (Å²) in [5.74, 6) is 0. The number of para-hydroxylation sites is 1. The molecule has 0 aliphatic rings. The molecule has 0 N–H and O–H groups in total. The van der Waals surface area contributed by atoms with E-state index in [-0.39, 0.29) is 5.56 Å². The number of hydrogen-bond donors (Lipinski definition) is 0. The first kappa shape index (κ1) is 23.5. The van der Waals surface area contributed by atoms with Gasteiger partial charge >= 0.3 is 0 Å². The van der Waals surface area contributed by atoms with Crippen LogP contribution in [0.25, 0.3) is 16.3 Å². The van der Waals surface area contributed by atoms with Crippen LogP contribution in [0.2, 0.25) is 0 Å². The third kappa shape index (κ3) is 4.42. The number of rotatable bonds is 5. The maximum absolute atomic E-state index is 13.5. The van der Waals surface area contributed by atoms with Gasteiger partial charge in [0.15, 0.2) is 5.69 Å². The summed E-state index contributed by atoms with van der Waals surface area (Å²) in [6.07, 6.45) is 0. The second-order valence-corrected chi connectivity index (χ2v) is 10.5. The van der Waals surface area contributed by atoms with Gasteiger partial charge in [-0.25, -0.2) is 14.4 Å². The molecule has 2 aromatic carbocycles. The highest BCUT2D eigenvalue weighted by molar-refractivity contribution is 9.10. The lowest BCUT2D eigenvalue weighted by Crippen LogP contribution is -2.20. The normalized spacial score (nSPS) is 12.5. The zero-order valence-electron chi connectivity index (χ0n) is 19.3. The van der Waals surface area contributed by atoms with E-state index in [0.717, 1.165) is 37.7 Å². The lowest BCUT2D eigenvalue weighted by Gasteiger charge is -2.07. The Morgan fingerprint density at radius 2 is 1.71 bits per heavy atom. The minimum atomic E-state index is -0.166. The zero-order valence-corrected chi connectivity index (χ0v) is 22.6. The average Bonchev–Trinajstić information content (AvgIpc) is 3.57. The van der Waals surface area contributed by atoms with Gasteiger partial charge < -0.3 is 0 Å². The summed E-state index contributed by atoms with van der Waals surface area (Å²) in [7, 11) is 1.87. The van der Waals surface area contributed by atoms with Gasteiger partial charge in [-0.3, -0.25) is 9.48 Å². The van der Waals surface area contributed by atoms with E-state index in [9.17, 15) is 4.79 Å². The van der Waals surface area contributed by atoms with Gasteiger partial charge in [-0.1, -0.05) is 58.4 Å². The third-order valence-corrected chi connectivity index (χ3v) is 8.10. The Bertz CT molecular complexity index is 1650. The van der Waals surface area contributed by atoms with Crippen molar-refractivity contribution in [2.24, 2.45) is 17.1 Å². The van der Waals surface area contributed by atoms with Crippen LogP contribution in [0.5, 0.6) is 0 Å². The molecule has 0 fully saturated rings. The lowest BCUT2D eigenvalue weighted by molar-refractivity contribution is 0.630. The summed E-state index contributed by atoms with van der Waals surface area (Å²) in [6.45, 7) is 3.89. The van der Waals surface area contributed by atoms with Gasteiger partial charge in [0, 0.05) is 22.5 Å². The molecule has 0 radical (unpaired) electrons. The SMILES string of the molecule is CC(=Nn1c(-c2cccs2)csc1=Nc1c(C)n(C)n(-c2ccccc2)c1=O)c1ccccc1Br. The van der Waals surface area contributed by atoms with Gasteiger partial charge in [0.05, 0.1) is 27.7 Å². The molecule has 0 amide bonds. The monoisotopic (exact) mass is 563 g/mol. The quantitative estimate of drug-likeness (QED) is 0.230. The van der Waals surface area contributed by atoms with E-state index in [1.165, 1.54) is 11.3 Å². The smallest absolute Gasteiger partial charge is 0.283 e. The van der Waals surface area contributed by atoms with Gasteiger partial charge in [-0.15, -0.1) is 22.7 Å². The number of thiophene rings is 1. The molecular formula is C26H22BrN5OS2. The first-order chi connectivity index (χ1) is 17.0. The maximum Gasteiger partial charge on any atom is 0.297 e. The summed E-state index contributed by atoms with van der Waals surface area (Å²) >= 11 is 6.73. The molecule has 9 heteroatoms. The van der Waals surface area contributed by atoms with Crippen molar-refractivity contribution in [3.05, 3.63) is 108 Å². The van der Waals surface area contributed by atoms with Crippen molar-refractivity contribution in [3.63, 3.8) is 0 Å². The van der Waals surface area contributed by atoms with Gasteiger partial charge in [-0.05, 0) is 43.5 Å². The molecule has 0 saturated heterocycles. The number of halogens is 1. The molecule has 5 aromatic rings. The Hall–Kier alpha value is -3.27. The number of thiazole rings is 1. The van der Waals surface area contributed by atoms with E-state index in [1.807, 2.05) is 102 Å². The predicted octanol–water partition coefficient (Wildman–Crippen LogP) is 6.34. The first-order valence-electron chi connectivity index (χ1n) is 10.9. The van der Waals surface area contributed by atoms with E-state index in [4.69, 9.17) is 10.1 Å². The van der Waals surface area contributed by atoms with Crippen molar-refractivity contribution >= 4 is 50.0 Å². The summed E-state index contributed by atoms with van der Waals surface area (Å²) in [4.78, 5) is 20.0. The van der Waals surface area contributed by atoms with Crippen LogP contribution in [0.15, 0.2) is 96.9 Å². The highest BCUT2D eigenvalue weighted by Crippen LogP contribution is 2.26. The lowest BCUT2D eigenvalue weighted by atomic mass is 10.1. The molecule has 3 aromatic heterocycles. The van der Waals surface area contributed by atoms with Crippen LogP contribution in [0.3, 0.4) is 0 Å². The van der Waals surface area contributed by atoms with Gasteiger partial charge in [0.25, 0.3) is 5.56 Å². The molecule has 0 unspecified atom stereocenters. The van der Waals surface area contributed by atoms with Crippen molar-refractivity contribution in [1.29, 1.82) is 0 Å². The van der Waals surface area contributed by atoms with Gasteiger partial charge in [-0.2, -0.15) is 5.10 Å². The minimum absolute atomic E-state index is 0.166. The molecule has 0 saturated carbocycles. The molecule has 6 nitrogen and oxygen atoms in total. The van der Waals surface area contributed by atoms with Gasteiger partial charge in [0.2, 0.25) is 4.80 Å². The zero-order chi connectivity index (χ0) is 24.5. The van der Waals surface area contributed by atoms with Crippen LogP contribution in [0.1, 0.15) is 18.2 Å². The van der Waals surface area contributed by atoms with E-state index in [2.05, 4.69) is 22.0 Å². The highest BCUT2D eigenvalue weighted by atomic mass is 79.9. The Morgan fingerprint density at radius 3 is 2.43 bits per heavy atom. The number of hydrogen-bond acceptors (Lipinski definition) is 5. The Kier molecular flexibility index (Phi) is 6.55. The molecule has 0 bridgehead atoms. The van der Waals surface area contributed by atoms with E-state index >= 15 is 0 Å². The van der Waals surface area contributed by atoms with Crippen molar-refractivity contribution in [2.45, 2.75) is 13.8 Å². The van der Waals surface area contributed by atoms with Crippen LogP contribution >= 0.6 is 38.6 Å². The maximum atomic E-state index is 13.5. The molecule has 176 valence electrons. The van der Waals surface area contributed by atoms with E-state index < -0.39 is 0 Å². The number of nitrogens with zero attached hydrogens (tertiary/aromatic N) is 5. The summed E-state index contributed by atoms with van der Waals surface area (Å²) < 4.78 is 6.29. The van der Waals surface area contributed by atoms with Crippen molar-refractivity contribution in [2.75, 3.05) is 0 Å². The van der Waals surface area contributed by atoms with E-state index in [0.29, 0.717) is 10.5 Å².